The van der Waals surface area contributed by atoms with E-state index in [1.165, 1.54) is 14.1 Å². The number of hydrogen-bond donors (Lipinski definition) is 3. The largest absolute Gasteiger partial charge is 0.368 e. The van der Waals surface area contributed by atoms with E-state index in [-0.39, 0.29) is 17.0 Å². The Morgan fingerprint density at radius 3 is 2.08 bits per heavy atom. The average Bonchev–Trinajstić information content (AvgIpc) is 3.33. The summed E-state index contributed by atoms with van der Waals surface area (Å²) in [6.07, 6.45) is 0.715. The normalized spacial score (nSPS) is 12.6. The van der Waals surface area contributed by atoms with E-state index in [0.29, 0.717) is 23.2 Å². The van der Waals surface area contributed by atoms with E-state index in [4.69, 9.17) is 15.3 Å². The third-order valence-corrected chi connectivity index (χ3v) is 6.64. The van der Waals surface area contributed by atoms with E-state index < -0.39 is 20.3 Å². The SMILES string of the molecule is CN(C)S(=O)(=O)n1c(N)nc2ccc(-c3[nH]c(C(C)(C)C)nc3-c3ccccc3)nc21.CS(=O)(=O)O. The van der Waals surface area contributed by atoms with E-state index in [1.807, 2.05) is 30.3 Å². The molecule has 0 aliphatic carbocycles. The van der Waals surface area contributed by atoms with Crippen molar-refractivity contribution in [2.45, 2.75) is 26.2 Å². The van der Waals surface area contributed by atoms with E-state index in [0.717, 1.165) is 25.4 Å². The second-order valence-corrected chi connectivity index (χ2v) is 12.7. The molecule has 14 heteroatoms. The number of fused-ring (bicyclic) bond motifs is 1. The van der Waals surface area contributed by atoms with Crippen LogP contribution in [-0.4, -0.2) is 70.0 Å². The maximum absolute atomic E-state index is 12.8. The summed E-state index contributed by atoms with van der Waals surface area (Å²) >= 11 is 0. The van der Waals surface area contributed by atoms with Crippen molar-refractivity contribution >= 4 is 37.4 Å². The fourth-order valence-electron chi connectivity index (χ4n) is 3.20. The van der Waals surface area contributed by atoms with Crippen LogP contribution in [0, 0.1) is 0 Å². The predicted octanol–water partition coefficient (Wildman–Crippen LogP) is 2.53. The van der Waals surface area contributed by atoms with Crippen molar-refractivity contribution in [3.05, 3.63) is 48.3 Å². The van der Waals surface area contributed by atoms with Gasteiger partial charge < -0.3 is 10.7 Å². The third kappa shape index (κ3) is 5.90. The highest BCUT2D eigenvalue weighted by Gasteiger charge is 2.26. The van der Waals surface area contributed by atoms with E-state index in [9.17, 15) is 16.8 Å². The van der Waals surface area contributed by atoms with Crippen molar-refractivity contribution in [2.75, 3.05) is 26.1 Å². The molecule has 0 bridgehead atoms. The first-order valence-electron chi connectivity index (χ1n) is 10.7. The van der Waals surface area contributed by atoms with Crippen molar-refractivity contribution in [3.63, 3.8) is 0 Å². The molecule has 0 radical (unpaired) electrons. The molecule has 0 unspecified atom stereocenters. The standard InChI is InChI=1S/C21H25N7O2S.CH4O3S/c1-21(2,3)19-25-16(13-9-7-6-8-10-13)17(26-19)14-11-12-15-18(23-14)28(20(22)24-15)31(29,30)27(4)5;1-5(2,3)4/h6-12H,1-5H3,(H2,22,24)(H,25,26);1H3,(H,2,3,4). The van der Waals surface area contributed by atoms with Crippen LogP contribution >= 0.6 is 0 Å². The Morgan fingerprint density at radius 2 is 1.56 bits per heavy atom. The molecule has 1 aromatic carbocycles. The van der Waals surface area contributed by atoms with Crippen molar-refractivity contribution in [1.29, 1.82) is 0 Å². The van der Waals surface area contributed by atoms with Crippen LogP contribution in [0.3, 0.4) is 0 Å². The molecule has 194 valence electrons. The van der Waals surface area contributed by atoms with Crippen LogP contribution in [0.15, 0.2) is 42.5 Å². The summed E-state index contributed by atoms with van der Waals surface area (Å²) in [4.78, 5) is 17.0. The highest BCUT2D eigenvalue weighted by Crippen LogP contribution is 2.33. The summed E-state index contributed by atoms with van der Waals surface area (Å²) in [5, 5.41) is 0. The molecule has 0 aliphatic heterocycles. The predicted molar refractivity (Wildman–Crippen MR) is 139 cm³/mol. The Morgan fingerprint density at radius 1 is 0.972 bits per heavy atom. The first-order valence-corrected chi connectivity index (χ1v) is 13.9. The number of nitrogens with two attached hydrogens (primary N) is 1. The molecule has 4 rings (SSSR count). The zero-order valence-electron chi connectivity index (χ0n) is 20.8. The lowest BCUT2D eigenvalue weighted by Gasteiger charge is -2.14. The molecule has 4 N–H and O–H groups in total. The number of aromatic amines is 1. The third-order valence-electron chi connectivity index (χ3n) is 4.90. The molecular formula is C22H29N7O5S2. The lowest BCUT2D eigenvalue weighted by Crippen LogP contribution is -2.29. The number of nitrogens with one attached hydrogen (secondary N) is 1. The summed E-state index contributed by atoms with van der Waals surface area (Å²) in [5.74, 6) is 0.661. The minimum Gasteiger partial charge on any atom is -0.368 e. The number of nitrogens with zero attached hydrogens (tertiary/aromatic N) is 5. The molecule has 0 fully saturated rings. The minimum absolute atomic E-state index is 0.142. The molecule has 36 heavy (non-hydrogen) atoms. The van der Waals surface area contributed by atoms with Crippen molar-refractivity contribution in [3.8, 4) is 22.6 Å². The number of H-pyrrole nitrogens is 1. The molecule has 0 amide bonds. The van der Waals surface area contributed by atoms with E-state index >= 15 is 0 Å². The summed E-state index contributed by atoms with van der Waals surface area (Å²) in [5.41, 5.74) is 9.19. The lowest BCUT2D eigenvalue weighted by molar-refractivity contribution is 0.490. The van der Waals surface area contributed by atoms with Gasteiger partial charge in [0.05, 0.1) is 23.3 Å². The number of pyridine rings is 1. The molecule has 0 aliphatic rings. The second-order valence-electron chi connectivity index (χ2n) is 9.22. The van der Waals surface area contributed by atoms with Crippen LogP contribution in [0.5, 0.6) is 0 Å². The maximum Gasteiger partial charge on any atom is 0.311 e. The molecule has 0 atom stereocenters. The maximum atomic E-state index is 12.8. The molecule has 0 saturated heterocycles. The Labute approximate surface area is 210 Å². The highest BCUT2D eigenvalue weighted by molar-refractivity contribution is 7.87. The average molecular weight is 536 g/mol. The molecule has 12 nitrogen and oxygen atoms in total. The minimum atomic E-state index is -3.90. The van der Waals surface area contributed by atoms with Gasteiger partial charge >= 0.3 is 10.2 Å². The van der Waals surface area contributed by atoms with Gasteiger partial charge in [-0.2, -0.15) is 25.1 Å². The zero-order chi connectivity index (χ0) is 27.1. The van der Waals surface area contributed by atoms with Gasteiger partial charge in [0.2, 0.25) is 5.95 Å². The Balaban J connectivity index is 0.000000658. The number of anilines is 1. The van der Waals surface area contributed by atoms with Gasteiger partial charge in [-0.05, 0) is 12.1 Å². The Bertz CT molecular complexity index is 1590. The lowest BCUT2D eigenvalue weighted by atomic mass is 9.96. The summed E-state index contributed by atoms with van der Waals surface area (Å²) in [6.45, 7) is 6.21. The van der Waals surface area contributed by atoms with Crippen LogP contribution in [0.25, 0.3) is 33.8 Å². The number of nitrogen functional groups attached to an aromatic ring is 1. The molecular weight excluding hydrogens is 506 g/mol. The second kappa shape index (κ2) is 9.61. The molecule has 0 spiro atoms. The first kappa shape index (κ1) is 27.3. The van der Waals surface area contributed by atoms with Crippen molar-refractivity contribution in [2.24, 2.45) is 0 Å². The number of benzene rings is 1. The summed E-state index contributed by atoms with van der Waals surface area (Å²) < 4.78 is 53.5. The van der Waals surface area contributed by atoms with Crippen LogP contribution < -0.4 is 5.73 Å². The zero-order valence-corrected chi connectivity index (χ0v) is 22.4. The van der Waals surface area contributed by atoms with Crippen molar-refractivity contribution in [1.82, 2.24) is 28.2 Å². The number of hydrogen-bond acceptors (Lipinski definition) is 8. The van der Waals surface area contributed by atoms with Gasteiger partial charge in [0, 0.05) is 25.1 Å². The number of aromatic nitrogens is 5. The van der Waals surface area contributed by atoms with Gasteiger partial charge in [0.15, 0.2) is 5.65 Å². The molecule has 0 saturated carbocycles. The topological polar surface area (TPSA) is 177 Å². The van der Waals surface area contributed by atoms with E-state index in [1.54, 1.807) is 12.1 Å². The van der Waals surface area contributed by atoms with Crippen LogP contribution in [0.2, 0.25) is 0 Å². The van der Waals surface area contributed by atoms with Gasteiger partial charge in [0.1, 0.15) is 11.3 Å². The fourth-order valence-corrected chi connectivity index (χ4v) is 4.16. The van der Waals surface area contributed by atoms with Crippen LogP contribution in [-0.2, 0) is 25.7 Å². The number of rotatable bonds is 4. The smallest absolute Gasteiger partial charge is 0.311 e. The van der Waals surface area contributed by atoms with Crippen molar-refractivity contribution < 1.29 is 21.4 Å². The van der Waals surface area contributed by atoms with Gasteiger partial charge in [0.25, 0.3) is 10.1 Å². The monoisotopic (exact) mass is 535 g/mol. The van der Waals surface area contributed by atoms with Gasteiger partial charge in [-0.15, -0.1) is 0 Å². The summed E-state index contributed by atoms with van der Waals surface area (Å²) in [7, 11) is -4.70. The molecule has 3 heterocycles. The Kier molecular flexibility index (Phi) is 7.28. The van der Waals surface area contributed by atoms with Gasteiger partial charge in [-0.3, -0.25) is 4.55 Å². The van der Waals surface area contributed by atoms with Gasteiger partial charge in [-0.1, -0.05) is 51.1 Å². The Hall–Kier alpha value is -3.33. The quantitative estimate of drug-likeness (QED) is 0.331. The molecule has 4 aromatic rings. The van der Waals surface area contributed by atoms with Gasteiger partial charge in [-0.25, -0.2) is 15.0 Å². The fraction of sp³-hybridized carbons (Fsp3) is 0.318. The molecule has 3 aromatic heterocycles. The highest BCUT2D eigenvalue weighted by atomic mass is 32.2. The van der Waals surface area contributed by atoms with Crippen LogP contribution in [0.4, 0.5) is 5.95 Å². The first-order chi connectivity index (χ1) is 16.5. The summed E-state index contributed by atoms with van der Waals surface area (Å²) in [6, 6.07) is 13.3. The van der Waals surface area contributed by atoms with E-state index in [2.05, 4.69) is 35.7 Å². The van der Waals surface area contributed by atoms with Crippen LogP contribution in [0.1, 0.15) is 26.6 Å². The number of imidazole rings is 2.